The predicted molar refractivity (Wildman–Crippen MR) is 97.1 cm³/mol. The van der Waals surface area contributed by atoms with Gasteiger partial charge < -0.3 is 5.11 Å². The van der Waals surface area contributed by atoms with Crippen molar-refractivity contribution in [2.75, 3.05) is 13.1 Å². The molecule has 2 aromatic heterocycles. The number of carboxylic acids is 1. The first kappa shape index (κ1) is 17.6. The molecule has 0 saturated carbocycles. The molecule has 3 aromatic rings. The van der Waals surface area contributed by atoms with Crippen LogP contribution in [0.1, 0.15) is 34.9 Å². The average molecular weight is 386 g/mol. The lowest BCUT2D eigenvalue weighted by Crippen LogP contribution is -2.39. The van der Waals surface area contributed by atoms with Crippen molar-refractivity contribution < 1.29 is 18.3 Å². The Hall–Kier alpha value is -2.78. The maximum Gasteiger partial charge on any atom is 0.335 e. The van der Waals surface area contributed by atoms with Crippen LogP contribution in [0.25, 0.3) is 5.65 Å². The molecular formula is C18H18N4O4S. The van der Waals surface area contributed by atoms with E-state index in [1.807, 2.05) is 28.8 Å². The summed E-state index contributed by atoms with van der Waals surface area (Å²) in [6.07, 6.45) is 3.38. The molecule has 4 rings (SSSR count). The highest BCUT2D eigenvalue weighted by Crippen LogP contribution is 2.30. The fourth-order valence-corrected chi connectivity index (χ4v) is 5.02. The van der Waals surface area contributed by atoms with Gasteiger partial charge in [-0.1, -0.05) is 12.1 Å². The molecule has 0 radical (unpaired) electrons. The van der Waals surface area contributed by atoms with Gasteiger partial charge in [0.1, 0.15) is 5.82 Å². The number of carbonyl (C=O) groups is 1. The predicted octanol–water partition coefficient (Wildman–Crippen LogP) is 2.00. The Morgan fingerprint density at radius 1 is 1.15 bits per heavy atom. The first-order valence-corrected chi connectivity index (χ1v) is 10.0. The van der Waals surface area contributed by atoms with E-state index in [2.05, 4.69) is 10.2 Å². The lowest BCUT2D eigenvalue weighted by molar-refractivity contribution is 0.0696. The number of sulfonamides is 1. The second kappa shape index (κ2) is 6.75. The molecule has 140 valence electrons. The minimum atomic E-state index is -3.78. The van der Waals surface area contributed by atoms with Crippen molar-refractivity contribution >= 4 is 21.6 Å². The maximum atomic E-state index is 13.0. The van der Waals surface area contributed by atoms with Gasteiger partial charge in [0, 0.05) is 25.2 Å². The molecule has 1 aliphatic rings. The van der Waals surface area contributed by atoms with Crippen molar-refractivity contribution in [3.8, 4) is 0 Å². The fraction of sp³-hybridized carbons (Fsp3) is 0.278. The number of rotatable bonds is 4. The third-order valence-electron chi connectivity index (χ3n) is 4.81. The molecule has 1 fully saturated rings. The fourth-order valence-electron chi connectivity index (χ4n) is 3.45. The Balaban J connectivity index is 1.64. The minimum absolute atomic E-state index is 0.00542. The molecule has 1 saturated heterocycles. The van der Waals surface area contributed by atoms with Crippen molar-refractivity contribution in [2.45, 2.75) is 23.7 Å². The van der Waals surface area contributed by atoms with E-state index in [0.29, 0.717) is 13.0 Å². The minimum Gasteiger partial charge on any atom is -0.478 e. The van der Waals surface area contributed by atoms with Crippen molar-refractivity contribution in [1.29, 1.82) is 0 Å². The molecule has 1 atom stereocenters. The summed E-state index contributed by atoms with van der Waals surface area (Å²) < 4.78 is 29.4. The van der Waals surface area contributed by atoms with Crippen LogP contribution in [0.4, 0.5) is 0 Å². The van der Waals surface area contributed by atoms with E-state index < -0.39 is 16.0 Å². The third kappa shape index (κ3) is 3.19. The van der Waals surface area contributed by atoms with Crippen LogP contribution < -0.4 is 0 Å². The van der Waals surface area contributed by atoms with Gasteiger partial charge in [0.2, 0.25) is 10.0 Å². The van der Waals surface area contributed by atoms with Gasteiger partial charge >= 0.3 is 5.97 Å². The van der Waals surface area contributed by atoms with Gasteiger partial charge in [-0.2, -0.15) is 4.31 Å². The van der Waals surface area contributed by atoms with Gasteiger partial charge in [-0.3, -0.25) is 4.40 Å². The van der Waals surface area contributed by atoms with Gasteiger partial charge in [0.25, 0.3) is 0 Å². The molecule has 0 amide bonds. The molecule has 8 nitrogen and oxygen atoms in total. The van der Waals surface area contributed by atoms with Crippen molar-refractivity contribution in [3.63, 3.8) is 0 Å². The number of hydrogen-bond acceptors (Lipinski definition) is 5. The van der Waals surface area contributed by atoms with Gasteiger partial charge in [-0.05, 0) is 43.2 Å². The van der Waals surface area contributed by atoms with Crippen LogP contribution in [0.15, 0.2) is 53.6 Å². The Bertz CT molecular complexity index is 1110. The Morgan fingerprint density at radius 2 is 2.00 bits per heavy atom. The van der Waals surface area contributed by atoms with E-state index in [-0.39, 0.29) is 22.9 Å². The topological polar surface area (TPSA) is 105 Å². The van der Waals surface area contributed by atoms with Gasteiger partial charge in [0.15, 0.2) is 5.65 Å². The van der Waals surface area contributed by atoms with Crippen LogP contribution in [0, 0.1) is 0 Å². The zero-order valence-electron chi connectivity index (χ0n) is 14.4. The smallest absolute Gasteiger partial charge is 0.335 e. The number of pyridine rings is 1. The van der Waals surface area contributed by atoms with Crippen LogP contribution in [-0.4, -0.2) is 51.5 Å². The number of piperidine rings is 1. The van der Waals surface area contributed by atoms with Crippen LogP contribution in [0.5, 0.6) is 0 Å². The normalized spacial score (nSPS) is 18.6. The third-order valence-corrected chi connectivity index (χ3v) is 6.67. The molecule has 0 bridgehead atoms. The summed E-state index contributed by atoms with van der Waals surface area (Å²) in [6.45, 7) is 0.683. The number of nitrogens with zero attached hydrogens (tertiary/aromatic N) is 4. The number of carboxylic acid groups (broad SMARTS) is 1. The zero-order valence-corrected chi connectivity index (χ0v) is 15.2. The lowest BCUT2D eigenvalue weighted by atomic mass is 9.99. The van der Waals surface area contributed by atoms with Crippen LogP contribution in [0.2, 0.25) is 0 Å². The standard InChI is InChI=1S/C18H18N4O4S/c23-18(24)13-5-3-7-15(11-13)27(25,26)21-9-4-6-14(12-21)17-20-19-16-8-1-2-10-22(16)17/h1-3,5,7-8,10-11,14H,4,6,9,12H2,(H,23,24). The number of aromatic carboxylic acids is 1. The highest BCUT2D eigenvalue weighted by molar-refractivity contribution is 7.89. The highest BCUT2D eigenvalue weighted by Gasteiger charge is 2.33. The molecule has 1 aliphatic heterocycles. The van der Waals surface area contributed by atoms with Crippen LogP contribution in [-0.2, 0) is 10.0 Å². The average Bonchev–Trinajstić information content (AvgIpc) is 3.12. The molecule has 0 aliphatic carbocycles. The first-order valence-electron chi connectivity index (χ1n) is 8.60. The molecule has 9 heteroatoms. The quantitative estimate of drug-likeness (QED) is 0.735. The molecule has 1 aromatic carbocycles. The molecule has 1 N–H and O–H groups in total. The number of hydrogen-bond donors (Lipinski definition) is 1. The van der Waals surface area contributed by atoms with Gasteiger partial charge in [-0.15, -0.1) is 10.2 Å². The SMILES string of the molecule is O=C(O)c1cccc(S(=O)(=O)N2CCCC(c3nnc4ccccn34)C2)c1. The second-order valence-electron chi connectivity index (χ2n) is 6.52. The van der Waals surface area contributed by atoms with E-state index in [4.69, 9.17) is 5.11 Å². The Morgan fingerprint density at radius 3 is 2.81 bits per heavy atom. The molecule has 0 spiro atoms. The van der Waals surface area contributed by atoms with Crippen LogP contribution in [0.3, 0.4) is 0 Å². The van der Waals surface area contributed by atoms with E-state index in [0.717, 1.165) is 17.9 Å². The van der Waals surface area contributed by atoms with E-state index in [1.165, 1.54) is 28.6 Å². The summed E-state index contributed by atoms with van der Waals surface area (Å²) >= 11 is 0. The maximum absolute atomic E-state index is 13.0. The number of fused-ring (bicyclic) bond motifs is 1. The summed E-state index contributed by atoms with van der Waals surface area (Å²) in [6, 6.07) is 11.1. The monoisotopic (exact) mass is 386 g/mol. The highest BCUT2D eigenvalue weighted by atomic mass is 32.2. The zero-order chi connectivity index (χ0) is 19.0. The largest absolute Gasteiger partial charge is 0.478 e. The molecule has 3 heterocycles. The van der Waals surface area contributed by atoms with Gasteiger partial charge in [0.05, 0.1) is 10.5 Å². The summed E-state index contributed by atoms with van der Waals surface area (Å²) in [7, 11) is -3.78. The second-order valence-corrected chi connectivity index (χ2v) is 8.46. The molecular weight excluding hydrogens is 368 g/mol. The number of aromatic nitrogens is 3. The van der Waals surface area contributed by atoms with Gasteiger partial charge in [-0.25, -0.2) is 13.2 Å². The first-order chi connectivity index (χ1) is 13.0. The number of benzene rings is 1. The van der Waals surface area contributed by atoms with E-state index in [1.54, 1.807) is 0 Å². The Labute approximate surface area is 156 Å². The summed E-state index contributed by atoms with van der Waals surface area (Å²) in [4.78, 5) is 11.2. The van der Waals surface area contributed by atoms with Crippen molar-refractivity contribution in [3.05, 3.63) is 60.0 Å². The van der Waals surface area contributed by atoms with Crippen molar-refractivity contribution in [2.24, 2.45) is 0 Å². The van der Waals surface area contributed by atoms with E-state index >= 15 is 0 Å². The van der Waals surface area contributed by atoms with E-state index in [9.17, 15) is 13.2 Å². The summed E-state index contributed by atoms with van der Waals surface area (Å²) in [5.41, 5.74) is 0.676. The summed E-state index contributed by atoms with van der Waals surface area (Å²) in [5.74, 6) is -0.489. The van der Waals surface area contributed by atoms with Crippen LogP contribution >= 0.6 is 0 Å². The molecule has 27 heavy (non-hydrogen) atoms. The van der Waals surface area contributed by atoms with Crippen molar-refractivity contribution in [1.82, 2.24) is 18.9 Å². The molecule has 1 unspecified atom stereocenters. The lowest BCUT2D eigenvalue weighted by Gasteiger charge is -2.31. The Kier molecular flexibility index (Phi) is 4.40. The summed E-state index contributed by atoms with van der Waals surface area (Å²) in [5, 5.41) is 17.5.